The molecular weight excluding hydrogens is 645 g/mol. The first-order chi connectivity index (χ1) is 25.6. The van der Waals surface area contributed by atoms with Gasteiger partial charge in [0.15, 0.2) is 6.10 Å². The summed E-state index contributed by atoms with van der Waals surface area (Å²) in [5.74, 6) is -0.426. The molecule has 0 aliphatic carbocycles. The fraction of sp³-hybridized carbons (Fsp3) is 0.830. The molecule has 5 heteroatoms. The Balaban J connectivity index is 4.11. The number of carbonyl (C=O) groups excluding carboxylic acids is 2. The SMILES string of the molecule is CC/C=C\C/C=C\C/C=C\CCCCCC(=O)OC(COCCCCCCCC)COC(=O)CCCCCCCCCCCCCCCCCCC. The van der Waals surface area contributed by atoms with Crippen molar-refractivity contribution in [3.63, 3.8) is 0 Å². The van der Waals surface area contributed by atoms with Gasteiger partial charge in [-0.3, -0.25) is 9.59 Å². The zero-order valence-corrected chi connectivity index (χ0v) is 34.8. The first-order valence-electron chi connectivity index (χ1n) is 22.5. The molecule has 0 aromatic carbocycles. The Morgan fingerprint density at radius 3 is 1.38 bits per heavy atom. The lowest BCUT2D eigenvalue weighted by atomic mass is 10.0. The lowest BCUT2D eigenvalue weighted by Crippen LogP contribution is -2.30. The van der Waals surface area contributed by atoms with Gasteiger partial charge < -0.3 is 14.2 Å². The van der Waals surface area contributed by atoms with Crippen LogP contribution in [0.5, 0.6) is 0 Å². The Bertz CT molecular complexity index is 832. The van der Waals surface area contributed by atoms with Crippen LogP contribution >= 0.6 is 0 Å². The average molecular weight is 731 g/mol. The molecule has 0 spiro atoms. The maximum atomic E-state index is 12.6. The maximum absolute atomic E-state index is 12.6. The van der Waals surface area contributed by atoms with E-state index in [9.17, 15) is 9.59 Å². The van der Waals surface area contributed by atoms with Crippen LogP contribution in [0.4, 0.5) is 0 Å². The van der Waals surface area contributed by atoms with Crippen LogP contribution in [-0.4, -0.2) is 37.9 Å². The molecule has 0 aromatic heterocycles. The monoisotopic (exact) mass is 731 g/mol. The minimum Gasteiger partial charge on any atom is -0.462 e. The van der Waals surface area contributed by atoms with Crippen molar-refractivity contribution in [2.45, 2.75) is 232 Å². The summed E-state index contributed by atoms with van der Waals surface area (Å²) in [7, 11) is 0. The third kappa shape index (κ3) is 40.9. The van der Waals surface area contributed by atoms with Crippen molar-refractivity contribution in [2.24, 2.45) is 0 Å². The second-order valence-electron chi connectivity index (χ2n) is 14.9. The van der Waals surface area contributed by atoms with Crippen molar-refractivity contribution >= 4 is 11.9 Å². The van der Waals surface area contributed by atoms with Gasteiger partial charge >= 0.3 is 11.9 Å². The van der Waals surface area contributed by atoms with Crippen LogP contribution in [0, 0.1) is 0 Å². The van der Waals surface area contributed by atoms with E-state index in [1.807, 2.05) is 0 Å². The topological polar surface area (TPSA) is 61.8 Å². The number of carbonyl (C=O) groups is 2. The Kier molecular flexibility index (Phi) is 42.0. The Labute approximate surface area is 323 Å². The highest BCUT2D eigenvalue weighted by Gasteiger charge is 2.17. The fourth-order valence-corrected chi connectivity index (χ4v) is 6.35. The van der Waals surface area contributed by atoms with Crippen LogP contribution in [0.3, 0.4) is 0 Å². The molecular formula is C47H86O5. The third-order valence-electron chi connectivity index (χ3n) is 9.69. The standard InChI is InChI=1S/C47H86O5/c1-4-7-10-13-16-18-20-22-23-24-25-27-28-30-32-34-37-40-46(48)51-44-45(43-50-42-39-36-15-12-9-6-3)52-47(49)41-38-35-33-31-29-26-21-19-17-14-11-8-5-2/h8,11,17,19,26,29,45H,4-7,9-10,12-16,18,20-25,27-28,30-44H2,1-3H3/b11-8-,19-17-,29-26-. The number of unbranched alkanes of at least 4 members (excludes halogenated alkanes) is 24. The van der Waals surface area contributed by atoms with Crippen LogP contribution in [0.2, 0.25) is 0 Å². The Hall–Kier alpha value is -1.88. The van der Waals surface area contributed by atoms with Crippen LogP contribution in [-0.2, 0) is 23.8 Å². The molecule has 0 saturated carbocycles. The summed E-state index contributed by atoms with van der Waals surface area (Å²) in [6, 6.07) is 0. The van der Waals surface area contributed by atoms with Gasteiger partial charge in [0.1, 0.15) is 6.61 Å². The molecule has 1 atom stereocenters. The summed E-state index contributed by atoms with van der Waals surface area (Å²) in [4.78, 5) is 25.1. The van der Waals surface area contributed by atoms with E-state index in [0.29, 0.717) is 19.4 Å². The van der Waals surface area contributed by atoms with E-state index < -0.39 is 6.10 Å². The second-order valence-corrected chi connectivity index (χ2v) is 14.9. The van der Waals surface area contributed by atoms with Crippen molar-refractivity contribution in [2.75, 3.05) is 19.8 Å². The van der Waals surface area contributed by atoms with Crippen LogP contribution in [0.15, 0.2) is 36.5 Å². The molecule has 0 bridgehead atoms. The highest BCUT2D eigenvalue weighted by Crippen LogP contribution is 2.15. The lowest BCUT2D eigenvalue weighted by Gasteiger charge is -2.18. The van der Waals surface area contributed by atoms with E-state index >= 15 is 0 Å². The van der Waals surface area contributed by atoms with Gasteiger partial charge in [-0.2, -0.15) is 0 Å². The minimum absolute atomic E-state index is 0.0775. The molecule has 0 saturated heterocycles. The fourth-order valence-electron chi connectivity index (χ4n) is 6.35. The Morgan fingerprint density at radius 2 is 0.865 bits per heavy atom. The van der Waals surface area contributed by atoms with Gasteiger partial charge in [-0.15, -0.1) is 0 Å². The number of hydrogen-bond donors (Lipinski definition) is 0. The summed E-state index contributed by atoms with van der Waals surface area (Å²) in [5, 5.41) is 0. The zero-order chi connectivity index (χ0) is 37.8. The number of rotatable bonds is 41. The largest absolute Gasteiger partial charge is 0.462 e. The van der Waals surface area contributed by atoms with Crippen molar-refractivity contribution < 1.29 is 23.8 Å². The number of allylic oxidation sites excluding steroid dienone is 6. The summed E-state index contributed by atoms with van der Waals surface area (Å²) in [6.45, 7) is 7.66. The molecule has 0 amide bonds. The van der Waals surface area contributed by atoms with Crippen molar-refractivity contribution in [3.05, 3.63) is 36.5 Å². The number of ether oxygens (including phenoxy) is 3. The van der Waals surface area contributed by atoms with Gasteiger partial charge in [-0.05, 0) is 51.4 Å². The molecule has 1 unspecified atom stereocenters. The molecule has 0 aliphatic rings. The second kappa shape index (κ2) is 43.5. The zero-order valence-electron chi connectivity index (χ0n) is 34.8. The normalized spacial score (nSPS) is 12.4. The first kappa shape index (κ1) is 50.1. The van der Waals surface area contributed by atoms with E-state index in [4.69, 9.17) is 14.2 Å². The molecule has 0 heterocycles. The van der Waals surface area contributed by atoms with Crippen LogP contribution in [0.25, 0.3) is 0 Å². The minimum atomic E-state index is -0.541. The van der Waals surface area contributed by atoms with Gasteiger partial charge in [-0.25, -0.2) is 0 Å². The summed E-state index contributed by atoms with van der Waals surface area (Å²) < 4.78 is 17.2. The van der Waals surface area contributed by atoms with E-state index in [0.717, 1.165) is 70.6 Å². The summed E-state index contributed by atoms with van der Waals surface area (Å²) >= 11 is 0. The summed E-state index contributed by atoms with van der Waals surface area (Å²) in [5.41, 5.74) is 0. The van der Waals surface area contributed by atoms with Gasteiger partial charge in [0.2, 0.25) is 0 Å². The van der Waals surface area contributed by atoms with E-state index in [2.05, 4.69) is 57.2 Å². The van der Waals surface area contributed by atoms with Crippen molar-refractivity contribution in [1.29, 1.82) is 0 Å². The summed E-state index contributed by atoms with van der Waals surface area (Å²) in [6.07, 6.45) is 50.1. The van der Waals surface area contributed by atoms with E-state index in [1.165, 1.54) is 122 Å². The van der Waals surface area contributed by atoms with E-state index in [1.54, 1.807) is 0 Å². The van der Waals surface area contributed by atoms with Crippen molar-refractivity contribution in [1.82, 2.24) is 0 Å². The Morgan fingerprint density at radius 1 is 0.442 bits per heavy atom. The van der Waals surface area contributed by atoms with Gasteiger partial charge in [0.25, 0.3) is 0 Å². The van der Waals surface area contributed by atoms with Crippen LogP contribution < -0.4 is 0 Å². The molecule has 0 rings (SSSR count). The quantitative estimate of drug-likeness (QED) is 0.0356. The third-order valence-corrected chi connectivity index (χ3v) is 9.69. The van der Waals surface area contributed by atoms with Gasteiger partial charge in [0, 0.05) is 19.4 Å². The highest BCUT2D eigenvalue weighted by atomic mass is 16.6. The maximum Gasteiger partial charge on any atom is 0.306 e. The smallest absolute Gasteiger partial charge is 0.306 e. The average Bonchev–Trinajstić information content (AvgIpc) is 3.14. The number of hydrogen-bond acceptors (Lipinski definition) is 5. The molecule has 0 N–H and O–H groups in total. The molecule has 0 fully saturated rings. The first-order valence-corrected chi connectivity index (χ1v) is 22.5. The molecule has 0 radical (unpaired) electrons. The van der Waals surface area contributed by atoms with E-state index in [-0.39, 0.29) is 25.2 Å². The van der Waals surface area contributed by atoms with Gasteiger partial charge in [-0.1, -0.05) is 198 Å². The molecule has 0 aromatic rings. The van der Waals surface area contributed by atoms with Crippen LogP contribution in [0.1, 0.15) is 226 Å². The number of esters is 2. The molecule has 5 nitrogen and oxygen atoms in total. The predicted octanol–water partition coefficient (Wildman–Crippen LogP) is 14.7. The molecule has 52 heavy (non-hydrogen) atoms. The van der Waals surface area contributed by atoms with Gasteiger partial charge in [0.05, 0.1) is 6.61 Å². The predicted molar refractivity (Wildman–Crippen MR) is 224 cm³/mol. The van der Waals surface area contributed by atoms with Crippen molar-refractivity contribution in [3.8, 4) is 0 Å². The lowest BCUT2D eigenvalue weighted by molar-refractivity contribution is -0.163. The highest BCUT2D eigenvalue weighted by molar-refractivity contribution is 5.70. The molecule has 0 aliphatic heterocycles. The molecule has 304 valence electrons.